The quantitative estimate of drug-likeness (QED) is 0.790. The van der Waals surface area contributed by atoms with Gasteiger partial charge in [0.05, 0.1) is 5.56 Å². The third-order valence-electron chi connectivity index (χ3n) is 5.40. The van der Waals surface area contributed by atoms with Gasteiger partial charge in [-0.25, -0.2) is 0 Å². The van der Waals surface area contributed by atoms with Crippen molar-refractivity contribution in [3.8, 4) is 0 Å². The maximum Gasteiger partial charge on any atom is 0.254 e. The Morgan fingerprint density at radius 2 is 2.24 bits per heavy atom. The minimum atomic E-state index is -0.155. The minimum Gasteiger partial charge on any atom is -0.385 e. The number of rotatable bonds is 6. The van der Waals surface area contributed by atoms with Crippen LogP contribution in [-0.2, 0) is 10.2 Å². The molecule has 2 fully saturated rings. The van der Waals surface area contributed by atoms with Gasteiger partial charge in [-0.3, -0.25) is 4.79 Å². The summed E-state index contributed by atoms with van der Waals surface area (Å²) in [6.45, 7) is 2.09. The predicted molar refractivity (Wildman–Crippen MR) is 93.9 cm³/mol. The van der Waals surface area contributed by atoms with Crippen LogP contribution in [0, 0.1) is 0 Å². The van der Waals surface area contributed by atoms with E-state index in [1.165, 1.54) is 0 Å². The molecule has 0 bridgehead atoms. The molecule has 1 saturated heterocycles. The highest BCUT2D eigenvalue weighted by atomic mass is 32.1. The Morgan fingerprint density at radius 1 is 1.44 bits per heavy atom. The molecular formula is C18H23N3O3S. The number of hydrogen-bond donors (Lipinski definition) is 0. The lowest BCUT2D eigenvalue weighted by Gasteiger charge is -2.39. The van der Waals surface area contributed by atoms with Gasteiger partial charge in [-0.1, -0.05) is 5.16 Å². The van der Waals surface area contributed by atoms with Crippen LogP contribution in [0.3, 0.4) is 0 Å². The van der Waals surface area contributed by atoms with E-state index in [1.807, 2.05) is 21.7 Å². The van der Waals surface area contributed by atoms with Crippen LogP contribution < -0.4 is 0 Å². The van der Waals surface area contributed by atoms with Gasteiger partial charge in [0.2, 0.25) is 5.89 Å². The summed E-state index contributed by atoms with van der Waals surface area (Å²) >= 11 is 1.55. The molecule has 0 N–H and O–H groups in total. The van der Waals surface area contributed by atoms with Gasteiger partial charge in [-0.05, 0) is 43.6 Å². The molecule has 6 nitrogen and oxygen atoms in total. The van der Waals surface area contributed by atoms with E-state index in [4.69, 9.17) is 14.2 Å². The molecule has 1 aliphatic heterocycles. The molecule has 0 radical (unpaired) electrons. The van der Waals surface area contributed by atoms with Gasteiger partial charge in [0.25, 0.3) is 5.91 Å². The van der Waals surface area contributed by atoms with Gasteiger partial charge in [-0.15, -0.1) is 0 Å². The summed E-state index contributed by atoms with van der Waals surface area (Å²) in [5.41, 5.74) is 0.628. The van der Waals surface area contributed by atoms with Crippen LogP contribution in [0.25, 0.3) is 0 Å². The average molecular weight is 361 g/mol. The van der Waals surface area contributed by atoms with Crippen LogP contribution in [0.2, 0.25) is 0 Å². The van der Waals surface area contributed by atoms with E-state index in [0.717, 1.165) is 49.4 Å². The molecule has 7 heteroatoms. The lowest BCUT2D eigenvalue weighted by Crippen LogP contribution is -2.46. The normalized spacial score (nSPS) is 20.0. The van der Waals surface area contributed by atoms with Crippen molar-refractivity contribution >= 4 is 17.2 Å². The number of ether oxygens (including phenoxy) is 1. The van der Waals surface area contributed by atoms with Crippen LogP contribution in [0.15, 0.2) is 21.3 Å². The highest BCUT2D eigenvalue weighted by Gasteiger charge is 2.42. The molecule has 1 saturated carbocycles. The number of thiophene rings is 1. The predicted octanol–water partition coefficient (Wildman–Crippen LogP) is 3.22. The van der Waals surface area contributed by atoms with Crippen molar-refractivity contribution in [3.63, 3.8) is 0 Å². The number of piperidine rings is 1. The number of nitrogens with zero attached hydrogens (tertiary/aromatic N) is 3. The second-order valence-electron chi connectivity index (χ2n) is 7.06. The van der Waals surface area contributed by atoms with Gasteiger partial charge in [0.1, 0.15) is 0 Å². The maximum absolute atomic E-state index is 12.6. The first-order valence-corrected chi connectivity index (χ1v) is 9.81. The maximum atomic E-state index is 12.6. The monoisotopic (exact) mass is 361 g/mol. The van der Waals surface area contributed by atoms with Crippen LogP contribution in [0.5, 0.6) is 0 Å². The van der Waals surface area contributed by atoms with Crippen molar-refractivity contribution in [1.82, 2.24) is 15.0 Å². The standard InChI is InChI=1S/C18H23N3O3S/c1-23-10-7-18(17-19-15(24-20-17)13-2-3-13)5-8-21(9-6-18)16(22)14-4-11-25-12-14/h4,11-13H,2-3,5-10H2,1H3. The SMILES string of the molecule is COCCC1(c2noc(C3CC3)n2)CCN(C(=O)c2ccsc2)CC1. The van der Waals surface area contributed by atoms with E-state index in [1.54, 1.807) is 18.4 Å². The summed E-state index contributed by atoms with van der Waals surface area (Å²) < 4.78 is 10.8. The lowest BCUT2D eigenvalue weighted by atomic mass is 9.75. The third-order valence-corrected chi connectivity index (χ3v) is 6.09. The van der Waals surface area contributed by atoms with Crippen LogP contribution in [-0.4, -0.2) is 47.8 Å². The van der Waals surface area contributed by atoms with Crippen LogP contribution in [0.4, 0.5) is 0 Å². The molecule has 2 aromatic rings. The van der Waals surface area contributed by atoms with E-state index < -0.39 is 0 Å². The number of methoxy groups -OCH3 is 1. The first-order valence-electron chi connectivity index (χ1n) is 8.86. The fourth-order valence-corrected chi connectivity index (χ4v) is 4.17. The van der Waals surface area contributed by atoms with Crippen molar-refractivity contribution in [2.75, 3.05) is 26.8 Å². The van der Waals surface area contributed by atoms with E-state index in [9.17, 15) is 4.79 Å². The first-order chi connectivity index (χ1) is 12.2. The largest absolute Gasteiger partial charge is 0.385 e. The van der Waals surface area contributed by atoms with E-state index in [-0.39, 0.29) is 11.3 Å². The number of carbonyl (C=O) groups excluding carboxylic acids is 1. The smallest absolute Gasteiger partial charge is 0.254 e. The molecule has 0 unspecified atom stereocenters. The second kappa shape index (κ2) is 6.88. The highest BCUT2D eigenvalue weighted by molar-refractivity contribution is 7.08. The van der Waals surface area contributed by atoms with E-state index >= 15 is 0 Å². The van der Waals surface area contributed by atoms with Gasteiger partial charge >= 0.3 is 0 Å². The van der Waals surface area contributed by atoms with Crippen LogP contribution >= 0.6 is 11.3 Å². The Kier molecular flexibility index (Phi) is 4.60. The van der Waals surface area contributed by atoms with E-state index in [2.05, 4.69) is 5.16 Å². The molecule has 0 spiro atoms. The van der Waals surface area contributed by atoms with Crippen LogP contribution in [0.1, 0.15) is 60.1 Å². The van der Waals surface area contributed by atoms with Crippen molar-refractivity contribution < 1.29 is 14.1 Å². The summed E-state index contributed by atoms with van der Waals surface area (Å²) in [4.78, 5) is 19.2. The molecule has 3 heterocycles. The fourth-order valence-electron chi connectivity index (χ4n) is 3.54. The number of amides is 1. The molecule has 1 aliphatic carbocycles. The summed E-state index contributed by atoms with van der Waals surface area (Å²) in [5.74, 6) is 2.16. The molecular weight excluding hydrogens is 338 g/mol. The summed E-state index contributed by atoms with van der Waals surface area (Å²) in [6, 6.07) is 1.89. The number of carbonyl (C=O) groups is 1. The summed E-state index contributed by atoms with van der Waals surface area (Å²) in [6.07, 6.45) is 4.84. The number of hydrogen-bond acceptors (Lipinski definition) is 6. The fraction of sp³-hybridized carbons (Fsp3) is 0.611. The highest BCUT2D eigenvalue weighted by Crippen LogP contribution is 2.42. The zero-order valence-electron chi connectivity index (χ0n) is 14.4. The third kappa shape index (κ3) is 3.35. The van der Waals surface area contributed by atoms with Crippen molar-refractivity contribution in [2.24, 2.45) is 0 Å². The zero-order valence-corrected chi connectivity index (χ0v) is 15.3. The Hall–Kier alpha value is -1.73. The number of likely N-dealkylation sites (tertiary alicyclic amines) is 1. The van der Waals surface area contributed by atoms with Gasteiger partial charge < -0.3 is 14.2 Å². The molecule has 2 aliphatic rings. The second-order valence-corrected chi connectivity index (χ2v) is 7.84. The number of aromatic nitrogens is 2. The lowest BCUT2D eigenvalue weighted by molar-refractivity contribution is 0.0616. The molecule has 134 valence electrons. The molecule has 1 amide bonds. The van der Waals surface area contributed by atoms with Gasteiger partial charge in [-0.2, -0.15) is 16.3 Å². The minimum absolute atomic E-state index is 0.119. The Balaban J connectivity index is 1.49. The Morgan fingerprint density at radius 3 is 2.88 bits per heavy atom. The van der Waals surface area contributed by atoms with Crippen molar-refractivity contribution in [3.05, 3.63) is 34.1 Å². The molecule has 2 aromatic heterocycles. The Bertz CT molecular complexity index is 716. The summed E-state index contributed by atoms with van der Waals surface area (Å²) in [5, 5.41) is 8.16. The summed E-state index contributed by atoms with van der Waals surface area (Å²) in [7, 11) is 1.72. The van der Waals surface area contributed by atoms with E-state index in [0.29, 0.717) is 25.6 Å². The topological polar surface area (TPSA) is 68.5 Å². The first kappa shape index (κ1) is 16.7. The average Bonchev–Trinajstić information content (AvgIpc) is 3.15. The van der Waals surface area contributed by atoms with Crippen molar-refractivity contribution in [1.29, 1.82) is 0 Å². The molecule has 25 heavy (non-hydrogen) atoms. The van der Waals surface area contributed by atoms with Crippen molar-refractivity contribution in [2.45, 2.75) is 43.4 Å². The molecule has 0 aromatic carbocycles. The Labute approximate surface area is 151 Å². The van der Waals surface area contributed by atoms with Gasteiger partial charge in [0.15, 0.2) is 5.82 Å². The molecule has 4 rings (SSSR count). The molecule has 0 atom stereocenters. The van der Waals surface area contributed by atoms with Gasteiger partial charge in [0, 0.05) is 43.5 Å². The zero-order chi connectivity index (χ0) is 17.3.